The van der Waals surface area contributed by atoms with Crippen molar-refractivity contribution >= 4 is 11.5 Å². The molecule has 0 amide bonds. The number of fused-ring (bicyclic) bond motifs is 2. The van der Waals surface area contributed by atoms with E-state index in [4.69, 9.17) is 9.47 Å². The van der Waals surface area contributed by atoms with Gasteiger partial charge in [-0.3, -0.25) is 14.1 Å². The summed E-state index contributed by atoms with van der Waals surface area (Å²) in [6, 6.07) is 40.8. The summed E-state index contributed by atoms with van der Waals surface area (Å²) in [6.07, 6.45) is 3.17. The third-order valence-electron chi connectivity index (χ3n) is 10.6. The van der Waals surface area contributed by atoms with Crippen molar-refractivity contribution in [2.24, 2.45) is 0 Å². The van der Waals surface area contributed by atoms with Gasteiger partial charge in [0.2, 0.25) is 0 Å². The predicted molar refractivity (Wildman–Crippen MR) is 197 cm³/mol. The zero-order chi connectivity index (χ0) is 36.0. The SMILES string of the molecule is CCOC(=O)c1cc(C2CC2)c2c(OC(F)F)c(-c3ccc4c(c3)CN(C(c3ccccc3)(c3ccccc3)c3ccccc3)C4C)ccn2c1=O. The molecule has 0 bridgehead atoms. The number of nitrogens with zero attached hydrogens (tertiary/aromatic N) is 2. The maximum absolute atomic E-state index is 14.2. The molecule has 6 nitrogen and oxygen atoms in total. The summed E-state index contributed by atoms with van der Waals surface area (Å²) in [5, 5.41) is 0. The van der Waals surface area contributed by atoms with Gasteiger partial charge in [-0.05, 0) is 89.8 Å². The molecule has 1 fully saturated rings. The molecule has 8 heteroatoms. The Hall–Kier alpha value is -5.60. The summed E-state index contributed by atoms with van der Waals surface area (Å²) < 4.78 is 40.2. The van der Waals surface area contributed by atoms with Crippen LogP contribution in [0.5, 0.6) is 5.75 Å². The highest BCUT2D eigenvalue weighted by atomic mass is 19.3. The molecule has 1 atom stereocenters. The van der Waals surface area contributed by atoms with Gasteiger partial charge in [0.25, 0.3) is 5.56 Å². The van der Waals surface area contributed by atoms with Gasteiger partial charge in [0.15, 0.2) is 5.75 Å². The highest BCUT2D eigenvalue weighted by Crippen LogP contribution is 2.52. The third kappa shape index (κ3) is 5.58. The van der Waals surface area contributed by atoms with Gasteiger partial charge in [-0.15, -0.1) is 0 Å². The van der Waals surface area contributed by atoms with Crippen molar-refractivity contribution in [1.82, 2.24) is 9.30 Å². The van der Waals surface area contributed by atoms with Crippen LogP contribution in [0.25, 0.3) is 16.6 Å². The van der Waals surface area contributed by atoms with E-state index < -0.39 is 23.7 Å². The van der Waals surface area contributed by atoms with Crippen molar-refractivity contribution < 1.29 is 23.0 Å². The number of pyridine rings is 2. The topological polar surface area (TPSA) is 60.3 Å². The van der Waals surface area contributed by atoms with Crippen molar-refractivity contribution in [2.75, 3.05) is 6.61 Å². The Balaban J connectivity index is 1.29. The number of alkyl halides is 2. The molecule has 1 aliphatic carbocycles. The van der Waals surface area contributed by atoms with E-state index in [-0.39, 0.29) is 35.4 Å². The first-order valence-corrected chi connectivity index (χ1v) is 17.7. The standard InChI is InChI=1S/C44H38F2N2O4/c1-3-51-42(50)38-26-37(29-19-20-29)39-40(52-43(45)46)36(23-24-47(39)41(38)49)30-21-22-35-28(2)48(27-31(35)25-30)44(32-13-7-4-8-14-32,33-15-9-5-10-16-33)34-17-11-6-12-18-34/h4-18,21-26,28-29,43H,3,19-20,27H2,1-2H3. The monoisotopic (exact) mass is 696 g/mol. The van der Waals surface area contributed by atoms with Crippen molar-refractivity contribution in [3.8, 4) is 16.9 Å². The fraction of sp³-hybridized carbons (Fsp3) is 0.227. The van der Waals surface area contributed by atoms with Crippen LogP contribution in [0.2, 0.25) is 0 Å². The number of aromatic nitrogens is 1. The number of benzene rings is 4. The first kappa shape index (κ1) is 33.5. The Labute approximate surface area is 300 Å². The second-order valence-electron chi connectivity index (χ2n) is 13.5. The highest BCUT2D eigenvalue weighted by Gasteiger charge is 2.47. The lowest BCUT2D eigenvalue weighted by Gasteiger charge is -2.46. The van der Waals surface area contributed by atoms with Gasteiger partial charge in [-0.25, -0.2) is 4.79 Å². The van der Waals surface area contributed by atoms with Crippen molar-refractivity contribution in [3.63, 3.8) is 0 Å². The zero-order valence-electron chi connectivity index (χ0n) is 29.0. The smallest absolute Gasteiger partial charge is 0.387 e. The van der Waals surface area contributed by atoms with Gasteiger partial charge >= 0.3 is 12.6 Å². The lowest BCUT2D eigenvalue weighted by atomic mass is 9.75. The van der Waals surface area contributed by atoms with Crippen molar-refractivity contribution in [2.45, 2.75) is 57.3 Å². The highest BCUT2D eigenvalue weighted by molar-refractivity contribution is 5.91. The van der Waals surface area contributed by atoms with E-state index in [1.54, 1.807) is 19.2 Å². The number of hydrogen-bond acceptors (Lipinski definition) is 5. The Kier molecular flexibility index (Phi) is 8.71. The molecule has 0 radical (unpaired) electrons. The molecule has 262 valence electrons. The molecule has 1 aliphatic heterocycles. The first-order valence-electron chi connectivity index (χ1n) is 17.7. The van der Waals surface area contributed by atoms with E-state index in [0.29, 0.717) is 23.2 Å². The number of halogens is 2. The molecule has 4 aromatic carbocycles. The van der Waals surface area contributed by atoms with Crippen LogP contribution >= 0.6 is 0 Å². The molecule has 1 saturated carbocycles. The second-order valence-corrected chi connectivity index (χ2v) is 13.5. The fourth-order valence-electron chi connectivity index (χ4n) is 8.14. The molecule has 8 rings (SSSR count). The van der Waals surface area contributed by atoms with E-state index >= 15 is 0 Å². The average molecular weight is 697 g/mol. The maximum Gasteiger partial charge on any atom is 0.387 e. The molecule has 0 spiro atoms. The molecule has 2 aliphatic rings. The molecular formula is C44H38F2N2O4. The van der Waals surface area contributed by atoms with Crippen LogP contribution in [0, 0.1) is 0 Å². The first-order chi connectivity index (χ1) is 25.3. The quantitative estimate of drug-likeness (QED) is 0.106. The van der Waals surface area contributed by atoms with Gasteiger partial charge in [-0.1, -0.05) is 103 Å². The number of carbonyl (C=O) groups is 1. The van der Waals surface area contributed by atoms with Gasteiger partial charge in [0, 0.05) is 24.3 Å². The van der Waals surface area contributed by atoms with E-state index in [9.17, 15) is 18.4 Å². The Morgan fingerprint density at radius 3 is 1.96 bits per heavy atom. The molecule has 52 heavy (non-hydrogen) atoms. The van der Waals surface area contributed by atoms with Gasteiger partial charge in [0.1, 0.15) is 5.56 Å². The van der Waals surface area contributed by atoms with E-state index in [1.165, 1.54) is 10.5 Å². The molecule has 3 heterocycles. The average Bonchev–Trinajstić information content (AvgIpc) is 3.96. The normalized spacial score (nSPS) is 15.9. The van der Waals surface area contributed by atoms with Crippen molar-refractivity contribution in [3.05, 3.63) is 177 Å². The Morgan fingerprint density at radius 1 is 0.827 bits per heavy atom. The van der Waals surface area contributed by atoms with Gasteiger partial charge in [0.05, 0.1) is 17.7 Å². The minimum absolute atomic E-state index is 0.00978. The van der Waals surface area contributed by atoms with Crippen LogP contribution in [0.15, 0.2) is 132 Å². The summed E-state index contributed by atoms with van der Waals surface area (Å²) >= 11 is 0. The molecular weight excluding hydrogens is 658 g/mol. The minimum Gasteiger partial charge on any atom is -0.462 e. The molecule has 0 saturated heterocycles. The number of carbonyl (C=O) groups excluding carboxylic acids is 1. The number of rotatable bonds is 10. The molecule has 6 aromatic rings. The van der Waals surface area contributed by atoms with Gasteiger partial charge in [-0.2, -0.15) is 8.78 Å². The van der Waals surface area contributed by atoms with Crippen LogP contribution in [0.3, 0.4) is 0 Å². The second kappa shape index (κ2) is 13.5. The van der Waals surface area contributed by atoms with Crippen LogP contribution in [0.1, 0.15) is 82.4 Å². The van der Waals surface area contributed by atoms with E-state index in [2.05, 4.69) is 96.8 Å². The molecule has 1 unspecified atom stereocenters. The molecule has 0 N–H and O–H groups in total. The summed E-state index contributed by atoms with van der Waals surface area (Å²) in [5.74, 6) is -0.809. The summed E-state index contributed by atoms with van der Waals surface area (Å²) in [7, 11) is 0. The molecule has 2 aromatic heterocycles. The summed E-state index contributed by atoms with van der Waals surface area (Å²) in [4.78, 5) is 28.9. The lowest BCUT2D eigenvalue weighted by molar-refractivity contribution is -0.0487. The zero-order valence-corrected chi connectivity index (χ0v) is 29.0. The van der Waals surface area contributed by atoms with Crippen molar-refractivity contribution in [1.29, 1.82) is 0 Å². The minimum atomic E-state index is -3.13. The number of hydrogen-bond donors (Lipinski definition) is 0. The summed E-state index contributed by atoms with van der Waals surface area (Å²) in [6.45, 7) is 1.44. The predicted octanol–water partition coefficient (Wildman–Crippen LogP) is 9.49. The van der Waals surface area contributed by atoms with Crippen LogP contribution in [-0.2, 0) is 16.8 Å². The van der Waals surface area contributed by atoms with E-state index in [1.807, 2.05) is 24.3 Å². The number of esters is 1. The van der Waals surface area contributed by atoms with Crippen LogP contribution in [0.4, 0.5) is 8.78 Å². The summed E-state index contributed by atoms with van der Waals surface area (Å²) in [5.41, 5.74) is 6.22. The number of ether oxygens (including phenoxy) is 2. The fourth-order valence-corrected chi connectivity index (χ4v) is 8.14. The van der Waals surface area contributed by atoms with Crippen LogP contribution in [-0.4, -0.2) is 28.5 Å². The van der Waals surface area contributed by atoms with Crippen LogP contribution < -0.4 is 10.3 Å². The lowest BCUT2D eigenvalue weighted by Crippen LogP contribution is -2.46. The Morgan fingerprint density at radius 2 is 1.42 bits per heavy atom. The third-order valence-corrected chi connectivity index (χ3v) is 10.6. The maximum atomic E-state index is 14.2. The Bertz CT molecular complexity index is 2230. The largest absolute Gasteiger partial charge is 0.462 e. The van der Waals surface area contributed by atoms with Gasteiger partial charge < -0.3 is 9.47 Å². The van der Waals surface area contributed by atoms with E-state index in [0.717, 1.165) is 40.7 Å².